The number of aromatic hydroxyl groups is 1. The normalized spacial score (nSPS) is 13.9. The van der Waals surface area contributed by atoms with Crippen LogP contribution in [0.15, 0.2) is 59.6 Å². The first-order valence-electron chi connectivity index (χ1n) is 6.71. The van der Waals surface area contributed by atoms with E-state index in [1.807, 2.05) is 30.3 Å². The summed E-state index contributed by atoms with van der Waals surface area (Å²) >= 11 is 0. The Morgan fingerprint density at radius 2 is 1.81 bits per heavy atom. The van der Waals surface area contributed by atoms with E-state index in [9.17, 15) is 9.90 Å². The van der Waals surface area contributed by atoms with Gasteiger partial charge in [0, 0.05) is 17.8 Å². The van der Waals surface area contributed by atoms with E-state index in [1.54, 1.807) is 29.2 Å². The number of phenolic OH excluding ortho intramolecular Hbond substituents is 1. The summed E-state index contributed by atoms with van der Waals surface area (Å²) < 4.78 is 0. The lowest BCUT2D eigenvalue weighted by Crippen LogP contribution is -2.38. The first kappa shape index (κ1) is 13.2. The van der Waals surface area contributed by atoms with Gasteiger partial charge in [0.2, 0.25) is 0 Å². The van der Waals surface area contributed by atoms with Crippen LogP contribution in [0, 0.1) is 0 Å². The molecule has 0 saturated carbocycles. The zero-order valence-electron chi connectivity index (χ0n) is 11.4. The van der Waals surface area contributed by atoms with Gasteiger partial charge in [-0.1, -0.05) is 18.2 Å². The number of nitrogens with one attached hydrogen (secondary N) is 1. The number of benzene rings is 2. The molecule has 0 saturated heterocycles. The molecule has 1 heterocycles. The molecule has 5 heteroatoms. The molecule has 0 aliphatic carbocycles. The second-order valence-electron chi connectivity index (χ2n) is 4.70. The van der Waals surface area contributed by atoms with E-state index in [-0.39, 0.29) is 11.8 Å². The number of amides is 2. The van der Waals surface area contributed by atoms with Gasteiger partial charge in [0.05, 0.1) is 6.54 Å². The van der Waals surface area contributed by atoms with Gasteiger partial charge in [0.15, 0.2) is 0 Å². The molecule has 1 aliphatic heterocycles. The Morgan fingerprint density at radius 1 is 1.10 bits per heavy atom. The zero-order valence-corrected chi connectivity index (χ0v) is 11.4. The Kier molecular flexibility index (Phi) is 3.55. The number of hydrogen-bond donors (Lipinski definition) is 2. The number of carbonyl (C=O) groups excluding carboxylic acids is 1. The molecule has 0 spiro atoms. The summed E-state index contributed by atoms with van der Waals surface area (Å²) in [6.07, 6.45) is 0. The fourth-order valence-electron chi connectivity index (χ4n) is 2.21. The van der Waals surface area contributed by atoms with Crippen LogP contribution in [-0.4, -0.2) is 35.0 Å². The molecule has 0 radical (unpaired) electrons. The van der Waals surface area contributed by atoms with Crippen LogP contribution in [0.3, 0.4) is 0 Å². The topological polar surface area (TPSA) is 64.9 Å². The minimum absolute atomic E-state index is 0.192. The minimum Gasteiger partial charge on any atom is -0.508 e. The molecule has 0 fully saturated rings. The predicted molar refractivity (Wildman–Crippen MR) is 81.7 cm³/mol. The van der Waals surface area contributed by atoms with Crippen molar-refractivity contribution in [2.24, 2.45) is 4.99 Å². The highest BCUT2D eigenvalue weighted by atomic mass is 16.3. The van der Waals surface area contributed by atoms with Crippen molar-refractivity contribution in [1.82, 2.24) is 4.90 Å². The fraction of sp³-hybridized carbons (Fsp3) is 0.125. The van der Waals surface area contributed by atoms with Crippen LogP contribution in [-0.2, 0) is 0 Å². The van der Waals surface area contributed by atoms with Crippen molar-refractivity contribution in [3.05, 3.63) is 60.2 Å². The average Bonchev–Trinajstić information content (AvgIpc) is 2.98. The third-order valence-corrected chi connectivity index (χ3v) is 3.24. The van der Waals surface area contributed by atoms with Crippen molar-refractivity contribution in [2.45, 2.75) is 0 Å². The fourth-order valence-corrected chi connectivity index (χ4v) is 2.21. The second-order valence-corrected chi connectivity index (χ2v) is 4.70. The lowest BCUT2D eigenvalue weighted by molar-refractivity contribution is 0.236. The third kappa shape index (κ3) is 2.86. The summed E-state index contributed by atoms with van der Waals surface area (Å²) in [4.78, 5) is 18.3. The maximum atomic E-state index is 12.3. The molecule has 1 aliphatic rings. The van der Waals surface area contributed by atoms with Crippen LogP contribution < -0.4 is 5.32 Å². The number of aliphatic imine (C=N–C) groups is 1. The van der Waals surface area contributed by atoms with Gasteiger partial charge in [-0.25, -0.2) is 4.79 Å². The number of rotatable bonds is 2. The Labute approximate surface area is 122 Å². The molecular weight excluding hydrogens is 266 g/mol. The van der Waals surface area contributed by atoms with Gasteiger partial charge in [-0.2, -0.15) is 0 Å². The molecule has 0 unspecified atom stereocenters. The molecular formula is C16H15N3O2. The Morgan fingerprint density at radius 3 is 2.52 bits per heavy atom. The molecule has 0 atom stereocenters. The second kappa shape index (κ2) is 5.66. The van der Waals surface area contributed by atoms with Crippen molar-refractivity contribution >= 4 is 17.6 Å². The number of amidine groups is 1. The first-order valence-corrected chi connectivity index (χ1v) is 6.71. The number of hydrogen-bond acceptors (Lipinski definition) is 3. The molecule has 0 aromatic heterocycles. The quantitative estimate of drug-likeness (QED) is 0.889. The largest absolute Gasteiger partial charge is 0.508 e. The highest BCUT2D eigenvalue weighted by molar-refractivity contribution is 6.11. The van der Waals surface area contributed by atoms with Gasteiger partial charge >= 0.3 is 6.03 Å². The highest BCUT2D eigenvalue weighted by Crippen LogP contribution is 2.16. The summed E-state index contributed by atoms with van der Waals surface area (Å²) in [7, 11) is 0. The molecule has 21 heavy (non-hydrogen) atoms. The number of para-hydroxylation sites is 1. The summed E-state index contributed by atoms with van der Waals surface area (Å²) in [6, 6.07) is 15.8. The molecule has 2 aromatic carbocycles. The van der Waals surface area contributed by atoms with Crippen molar-refractivity contribution in [1.29, 1.82) is 0 Å². The molecule has 106 valence electrons. The summed E-state index contributed by atoms with van der Waals surface area (Å²) in [6.45, 7) is 1.13. The summed E-state index contributed by atoms with van der Waals surface area (Å²) in [5.74, 6) is 0.820. The monoisotopic (exact) mass is 281 g/mol. The summed E-state index contributed by atoms with van der Waals surface area (Å²) in [5.41, 5.74) is 1.56. The molecule has 2 aromatic rings. The Hall–Kier alpha value is -2.82. The van der Waals surface area contributed by atoms with E-state index in [1.165, 1.54) is 0 Å². The number of carbonyl (C=O) groups is 1. The minimum atomic E-state index is -0.203. The van der Waals surface area contributed by atoms with E-state index >= 15 is 0 Å². The van der Waals surface area contributed by atoms with Crippen molar-refractivity contribution in [3.8, 4) is 5.75 Å². The summed E-state index contributed by atoms with van der Waals surface area (Å²) in [5, 5.41) is 12.2. The van der Waals surface area contributed by atoms with Crippen molar-refractivity contribution < 1.29 is 9.90 Å². The van der Waals surface area contributed by atoms with Crippen LogP contribution in [0.25, 0.3) is 0 Å². The maximum absolute atomic E-state index is 12.3. The zero-order chi connectivity index (χ0) is 14.7. The number of urea groups is 1. The van der Waals surface area contributed by atoms with Crippen LogP contribution in [0.5, 0.6) is 5.75 Å². The Bertz CT molecular complexity index is 666. The molecule has 0 bridgehead atoms. The van der Waals surface area contributed by atoms with Gasteiger partial charge < -0.3 is 10.4 Å². The SMILES string of the molecule is O=C(Nc1ccccc1)N1CCN=C1c1ccc(O)cc1. The van der Waals surface area contributed by atoms with E-state index in [0.717, 1.165) is 11.3 Å². The first-order chi connectivity index (χ1) is 10.2. The predicted octanol–water partition coefficient (Wildman–Crippen LogP) is 2.69. The van der Waals surface area contributed by atoms with Gasteiger partial charge in [-0.3, -0.25) is 9.89 Å². The molecule has 2 amide bonds. The van der Waals surface area contributed by atoms with Crippen LogP contribution in [0.4, 0.5) is 10.5 Å². The van der Waals surface area contributed by atoms with Gasteiger partial charge in [-0.05, 0) is 36.4 Å². The smallest absolute Gasteiger partial charge is 0.327 e. The standard InChI is InChI=1S/C16H15N3O2/c20-14-8-6-12(7-9-14)15-17-10-11-19(15)16(21)18-13-4-2-1-3-5-13/h1-9,20H,10-11H2,(H,18,21). The van der Waals surface area contributed by atoms with E-state index in [2.05, 4.69) is 10.3 Å². The average molecular weight is 281 g/mol. The lowest BCUT2D eigenvalue weighted by Gasteiger charge is -2.19. The van der Waals surface area contributed by atoms with E-state index in [4.69, 9.17) is 0 Å². The molecule has 5 nitrogen and oxygen atoms in total. The van der Waals surface area contributed by atoms with Crippen LogP contribution in [0.1, 0.15) is 5.56 Å². The van der Waals surface area contributed by atoms with E-state index < -0.39 is 0 Å². The van der Waals surface area contributed by atoms with Gasteiger partial charge in [0.25, 0.3) is 0 Å². The van der Waals surface area contributed by atoms with E-state index in [0.29, 0.717) is 18.9 Å². The number of anilines is 1. The highest BCUT2D eigenvalue weighted by Gasteiger charge is 2.24. The van der Waals surface area contributed by atoms with Crippen molar-refractivity contribution in [2.75, 3.05) is 18.4 Å². The Balaban J connectivity index is 1.77. The lowest BCUT2D eigenvalue weighted by atomic mass is 10.2. The van der Waals surface area contributed by atoms with Crippen LogP contribution >= 0.6 is 0 Å². The maximum Gasteiger partial charge on any atom is 0.327 e. The van der Waals surface area contributed by atoms with Gasteiger partial charge in [0.1, 0.15) is 11.6 Å². The number of phenols is 1. The van der Waals surface area contributed by atoms with Crippen LogP contribution in [0.2, 0.25) is 0 Å². The molecule has 3 rings (SSSR count). The third-order valence-electron chi connectivity index (χ3n) is 3.24. The number of nitrogens with zero attached hydrogens (tertiary/aromatic N) is 2. The van der Waals surface area contributed by atoms with Crippen molar-refractivity contribution in [3.63, 3.8) is 0 Å². The van der Waals surface area contributed by atoms with Gasteiger partial charge in [-0.15, -0.1) is 0 Å². The molecule has 2 N–H and O–H groups in total.